The Hall–Kier alpha value is -2.95. The number of fused-ring (bicyclic) bond motifs is 1. The largest absolute Gasteiger partial charge is 0.336 e. The van der Waals surface area contributed by atoms with E-state index in [1.807, 2.05) is 6.92 Å². The van der Waals surface area contributed by atoms with Crippen LogP contribution < -0.4 is 16.6 Å². The highest BCUT2D eigenvalue weighted by molar-refractivity contribution is 7.18. The quantitative estimate of drug-likeness (QED) is 0.673. The van der Waals surface area contributed by atoms with Gasteiger partial charge in [-0.2, -0.15) is 0 Å². The van der Waals surface area contributed by atoms with Gasteiger partial charge in [-0.05, 0) is 26.3 Å². The summed E-state index contributed by atoms with van der Waals surface area (Å²) in [6.07, 6.45) is 0. The van der Waals surface area contributed by atoms with Crippen LogP contribution in [0.2, 0.25) is 0 Å². The number of hydrogen-bond donors (Lipinski definition) is 1. The molecule has 4 heterocycles. The van der Waals surface area contributed by atoms with E-state index in [2.05, 4.69) is 15.6 Å². The van der Waals surface area contributed by atoms with Crippen LogP contribution in [0, 0.1) is 13.8 Å². The maximum absolute atomic E-state index is 13.0. The average molecular weight is 404 g/mol. The van der Waals surface area contributed by atoms with Crippen molar-refractivity contribution in [3.63, 3.8) is 0 Å². The highest BCUT2D eigenvalue weighted by Crippen LogP contribution is 2.29. The summed E-state index contributed by atoms with van der Waals surface area (Å²) in [5.74, 6) is 0. The molecule has 0 aromatic carbocycles. The highest BCUT2D eigenvalue weighted by Gasteiger charge is 2.25. The second-order valence-corrected chi connectivity index (χ2v) is 7.78. The number of aromatic nitrogens is 4. The van der Waals surface area contributed by atoms with Gasteiger partial charge < -0.3 is 10.2 Å². The third-order valence-corrected chi connectivity index (χ3v) is 6.34. The van der Waals surface area contributed by atoms with E-state index in [0.717, 1.165) is 10.4 Å². The fraction of sp³-hybridized carbons (Fsp3) is 0.471. The normalized spacial score (nSPS) is 14.2. The standard InChI is InChI=1S/C17H20N6O4S/c1-4-22-14(24)13-9(2)12(8-21-6-5-18-16(21)25)28-15(13)23(17(22)26)7-11-10(3)19-27-20-11/h4-8H2,1-3H3,(H,18,25). The molecule has 1 aliphatic heterocycles. The van der Waals surface area contributed by atoms with Crippen molar-refractivity contribution in [2.75, 3.05) is 13.1 Å². The van der Waals surface area contributed by atoms with Crippen LogP contribution in [0.3, 0.4) is 0 Å². The monoisotopic (exact) mass is 404 g/mol. The molecule has 0 aliphatic carbocycles. The smallest absolute Gasteiger partial charge is 0.332 e. The molecule has 0 bridgehead atoms. The summed E-state index contributed by atoms with van der Waals surface area (Å²) in [5, 5.41) is 10.9. The molecule has 3 aromatic heterocycles. The van der Waals surface area contributed by atoms with Gasteiger partial charge in [-0.15, -0.1) is 11.3 Å². The number of carbonyl (C=O) groups is 1. The van der Waals surface area contributed by atoms with E-state index in [4.69, 9.17) is 4.63 Å². The summed E-state index contributed by atoms with van der Waals surface area (Å²) in [6, 6.07) is -0.121. The second kappa shape index (κ2) is 6.89. The molecule has 0 unspecified atom stereocenters. The fourth-order valence-electron chi connectivity index (χ4n) is 3.39. The predicted octanol–water partition coefficient (Wildman–Crippen LogP) is 0.818. The maximum Gasteiger partial charge on any atom is 0.332 e. The Kier molecular flexibility index (Phi) is 4.53. The van der Waals surface area contributed by atoms with Gasteiger partial charge in [-0.3, -0.25) is 13.9 Å². The molecule has 0 radical (unpaired) electrons. The maximum atomic E-state index is 13.0. The van der Waals surface area contributed by atoms with Gasteiger partial charge in [-0.25, -0.2) is 14.2 Å². The first kappa shape index (κ1) is 18.4. The van der Waals surface area contributed by atoms with Gasteiger partial charge in [0.2, 0.25) is 0 Å². The van der Waals surface area contributed by atoms with Crippen molar-refractivity contribution in [1.82, 2.24) is 29.7 Å². The second-order valence-electron chi connectivity index (χ2n) is 6.70. The van der Waals surface area contributed by atoms with Gasteiger partial charge >= 0.3 is 11.7 Å². The molecule has 4 rings (SSSR count). The Morgan fingerprint density at radius 2 is 1.93 bits per heavy atom. The third-order valence-electron chi connectivity index (χ3n) is 5.04. The first-order valence-corrected chi connectivity index (χ1v) is 9.80. The van der Waals surface area contributed by atoms with Crippen LogP contribution in [0.4, 0.5) is 4.79 Å². The molecule has 2 amide bonds. The lowest BCUT2D eigenvalue weighted by Crippen LogP contribution is -2.39. The minimum absolute atomic E-state index is 0.121. The van der Waals surface area contributed by atoms with E-state index >= 15 is 0 Å². The number of carbonyl (C=O) groups excluding carboxylic acids is 1. The first-order chi connectivity index (χ1) is 13.4. The number of nitrogens with zero attached hydrogens (tertiary/aromatic N) is 5. The molecule has 1 saturated heterocycles. The number of hydrogen-bond acceptors (Lipinski definition) is 7. The van der Waals surface area contributed by atoms with E-state index < -0.39 is 5.69 Å². The van der Waals surface area contributed by atoms with Gasteiger partial charge in [0.25, 0.3) is 5.56 Å². The van der Waals surface area contributed by atoms with Crippen LogP contribution in [0.5, 0.6) is 0 Å². The number of amides is 2. The van der Waals surface area contributed by atoms with Gasteiger partial charge in [0.15, 0.2) is 0 Å². The zero-order valence-electron chi connectivity index (χ0n) is 15.8. The van der Waals surface area contributed by atoms with Crippen LogP contribution in [0.25, 0.3) is 10.2 Å². The van der Waals surface area contributed by atoms with Crippen molar-refractivity contribution >= 4 is 27.6 Å². The Morgan fingerprint density at radius 1 is 1.14 bits per heavy atom. The Balaban J connectivity index is 1.91. The van der Waals surface area contributed by atoms with E-state index in [9.17, 15) is 14.4 Å². The van der Waals surface area contributed by atoms with Crippen molar-refractivity contribution in [3.05, 3.63) is 42.7 Å². The van der Waals surface area contributed by atoms with Gasteiger partial charge in [-0.1, -0.05) is 10.3 Å². The van der Waals surface area contributed by atoms with Crippen LogP contribution >= 0.6 is 11.3 Å². The molecule has 0 saturated carbocycles. The lowest BCUT2D eigenvalue weighted by atomic mass is 10.2. The van der Waals surface area contributed by atoms with Gasteiger partial charge in [0, 0.05) is 24.5 Å². The molecular weight excluding hydrogens is 384 g/mol. The van der Waals surface area contributed by atoms with Crippen molar-refractivity contribution < 1.29 is 9.42 Å². The SMILES string of the molecule is CCn1c(=O)c2c(C)c(CN3CCNC3=O)sc2n(Cc2nonc2C)c1=O. The Morgan fingerprint density at radius 3 is 2.54 bits per heavy atom. The topological polar surface area (TPSA) is 115 Å². The van der Waals surface area contributed by atoms with Crippen molar-refractivity contribution in [2.45, 2.75) is 40.4 Å². The molecule has 11 heteroatoms. The minimum Gasteiger partial charge on any atom is -0.336 e. The predicted molar refractivity (Wildman–Crippen MR) is 103 cm³/mol. The average Bonchev–Trinajstić information content (AvgIpc) is 3.34. The molecule has 1 aliphatic rings. The molecule has 0 atom stereocenters. The molecule has 0 spiro atoms. The van der Waals surface area contributed by atoms with Crippen molar-refractivity contribution in [2.24, 2.45) is 0 Å². The lowest BCUT2D eigenvalue weighted by molar-refractivity contribution is 0.216. The molecule has 1 fully saturated rings. The van der Waals surface area contributed by atoms with Gasteiger partial charge in [0.1, 0.15) is 16.2 Å². The van der Waals surface area contributed by atoms with Gasteiger partial charge in [0.05, 0.1) is 18.5 Å². The molecule has 148 valence electrons. The summed E-state index contributed by atoms with van der Waals surface area (Å²) < 4.78 is 7.51. The lowest BCUT2D eigenvalue weighted by Gasteiger charge is -2.12. The van der Waals surface area contributed by atoms with Crippen molar-refractivity contribution in [1.29, 1.82) is 0 Å². The van der Waals surface area contributed by atoms with Crippen LogP contribution in [0.15, 0.2) is 14.2 Å². The summed E-state index contributed by atoms with van der Waals surface area (Å²) >= 11 is 1.36. The summed E-state index contributed by atoms with van der Waals surface area (Å²) in [6.45, 7) is 7.43. The summed E-state index contributed by atoms with van der Waals surface area (Å²) in [4.78, 5) is 41.0. The Bertz CT molecular complexity index is 1190. The van der Waals surface area contributed by atoms with Crippen LogP contribution in [-0.4, -0.2) is 43.5 Å². The number of aryl methyl sites for hydroxylation is 2. The Labute approximate surface area is 163 Å². The summed E-state index contributed by atoms with van der Waals surface area (Å²) in [5.41, 5.74) is 1.23. The highest BCUT2D eigenvalue weighted by atomic mass is 32.1. The molecular formula is C17H20N6O4S. The van der Waals surface area contributed by atoms with E-state index in [-0.39, 0.29) is 24.7 Å². The van der Waals surface area contributed by atoms with E-state index in [1.165, 1.54) is 20.5 Å². The van der Waals surface area contributed by atoms with Crippen molar-refractivity contribution in [3.8, 4) is 0 Å². The van der Waals surface area contributed by atoms with Crippen LogP contribution in [0.1, 0.15) is 28.8 Å². The molecule has 28 heavy (non-hydrogen) atoms. The summed E-state index contributed by atoms with van der Waals surface area (Å²) in [7, 11) is 0. The first-order valence-electron chi connectivity index (χ1n) is 8.98. The molecule has 1 N–H and O–H groups in total. The minimum atomic E-state index is -0.394. The number of rotatable bonds is 5. The number of urea groups is 1. The number of thiophene rings is 1. The third kappa shape index (κ3) is 2.82. The zero-order chi connectivity index (χ0) is 20.0. The zero-order valence-corrected chi connectivity index (χ0v) is 16.6. The molecule has 3 aromatic rings. The number of nitrogens with one attached hydrogen (secondary N) is 1. The van der Waals surface area contributed by atoms with E-state index in [1.54, 1.807) is 18.7 Å². The van der Waals surface area contributed by atoms with E-state index in [0.29, 0.717) is 41.2 Å². The fourth-order valence-corrected chi connectivity index (χ4v) is 4.69. The van der Waals surface area contributed by atoms with Crippen LogP contribution in [-0.2, 0) is 19.6 Å². The molecule has 10 nitrogen and oxygen atoms in total.